The van der Waals surface area contributed by atoms with Crippen LogP contribution in [-0.2, 0) is 19.1 Å². The summed E-state index contributed by atoms with van der Waals surface area (Å²) in [7, 11) is 0. The SMILES string of the molecule is O=C1CCCCC(=O)OCCC#CCCO1. The van der Waals surface area contributed by atoms with E-state index >= 15 is 0 Å². The van der Waals surface area contributed by atoms with Crippen molar-refractivity contribution >= 4 is 11.9 Å². The summed E-state index contributed by atoms with van der Waals surface area (Å²) >= 11 is 0. The van der Waals surface area contributed by atoms with E-state index in [4.69, 9.17) is 9.47 Å². The summed E-state index contributed by atoms with van der Waals surface area (Å²) in [5, 5.41) is 0. The standard InChI is InChI=1S/C12H16O4/c13-11-7-3-4-8-12(14)16-10-6-2-1-5-9-15-11/h3-10H2. The maximum absolute atomic E-state index is 11.1. The Morgan fingerprint density at radius 3 is 1.69 bits per heavy atom. The first-order valence-corrected chi connectivity index (χ1v) is 5.56. The van der Waals surface area contributed by atoms with Gasteiger partial charge in [-0.25, -0.2) is 0 Å². The Balaban J connectivity index is 2.36. The molecule has 0 radical (unpaired) electrons. The van der Waals surface area contributed by atoms with E-state index in [0.29, 0.717) is 51.7 Å². The van der Waals surface area contributed by atoms with Crippen molar-refractivity contribution in [1.82, 2.24) is 0 Å². The average Bonchev–Trinajstić information content (AvgIpc) is 2.27. The van der Waals surface area contributed by atoms with Crippen LogP contribution in [0.3, 0.4) is 0 Å². The van der Waals surface area contributed by atoms with E-state index in [1.165, 1.54) is 0 Å². The molecule has 0 aromatic carbocycles. The normalized spacial score (nSPS) is 19.8. The third-order valence-corrected chi connectivity index (χ3v) is 2.12. The van der Waals surface area contributed by atoms with Crippen molar-refractivity contribution in [2.24, 2.45) is 0 Å². The fraction of sp³-hybridized carbons (Fsp3) is 0.667. The van der Waals surface area contributed by atoms with Gasteiger partial charge >= 0.3 is 11.9 Å². The second-order valence-corrected chi connectivity index (χ2v) is 3.50. The van der Waals surface area contributed by atoms with Gasteiger partial charge in [0.1, 0.15) is 13.2 Å². The molecule has 0 N–H and O–H groups in total. The van der Waals surface area contributed by atoms with E-state index in [0.717, 1.165) is 0 Å². The molecule has 0 saturated heterocycles. The van der Waals surface area contributed by atoms with Crippen molar-refractivity contribution in [2.75, 3.05) is 13.2 Å². The van der Waals surface area contributed by atoms with Gasteiger partial charge in [-0.1, -0.05) is 11.8 Å². The van der Waals surface area contributed by atoms with Gasteiger partial charge < -0.3 is 9.47 Å². The predicted molar refractivity (Wildman–Crippen MR) is 57.4 cm³/mol. The summed E-state index contributed by atoms with van der Waals surface area (Å²) in [4.78, 5) is 22.3. The average molecular weight is 224 g/mol. The molecule has 0 fully saturated rings. The summed E-state index contributed by atoms with van der Waals surface area (Å²) < 4.78 is 9.91. The van der Waals surface area contributed by atoms with Crippen LogP contribution in [0.4, 0.5) is 0 Å². The lowest BCUT2D eigenvalue weighted by Crippen LogP contribution is -2.08. The Kier molecular flexibility index (Phi) is 6.09. The number of rotatable bonds is 0. The van der Waals surface area contributed by atoms with Gasteiger partial charge in [0.25, 0.3) is 0 Å². The van der Waals surface area contributed by atoms with Crippen molar-refractivity contribution in [1.29, 1.82) is 0 Å². The number of ether oxygens (including phenoxy) is 2. The first-order valence-electron chi connectivity index (χ1n) is 5.56. The first kappa shape index (κ1) is 12.6. The van der Waals surface area contributed by atoms with Crippen molar-refractivity contribution < 1.29 is 19.1 Å². The number of carbonyl (C=O) groups excluding carboxylic acids is 2. The van der Waals surface area contributed by atoms with Gasteiger partial charge in [0.2, 0.25) is 0 Å². The smallest absolute Gasteiger partial charge is 0.305 e. The quantitative estimate of drug-likeness (QED) is 0.461. The van der Waals surface area contributed by atoms with Crippen LogP contribution in [0.1, 0.15) is 38.5 Å². The van der Waals surface area contributed by atoms with E-state index in [2.05, 4.69) is 11.8 Å². The van der Waals surface area contributed by atoms with E-state index in [-0.39, 0.29) is 11.9 Å². The highest BCUT2D eigenvalue weighted by atomic mass is 16.5. The molecule has 0 bridgehead atoms. The lowest BCUT2D eigenvalue weighted by Gasteiger charge is -2.04. The van der Waals surface area contributed by atoms with Crippen LogP contribution in [0.5, 0.6) is 0 Å². The molecule has 0 unspecified atom stereocenters. The lowest BCUT2D eigenvalue weighted by atomic mass is 10.2. The molecule has 0 atom stereocenters. The fourth-order valence-electron chi connectivity index (χ4n) is 1.29. The molecule has 1 rings (SSSR count). The minimum atomic E-state index is -0.216. The van der Waals surface area contributed by atoms with Crippen LogP contribution < -0.4 is 0 Å². The third kappa shape index (κ3) is 6.07. The predicted octanol–water partition coefficient (Wildman–Crippen LogP) is 1.43. The summed E-state index contributed by atoms with van der Waals surface area (Å²) in [6, 6.07) is 0. The molecule has 0 amide bonds. The molecule has 1 aliphatic rings. The number of esters is 2. The van der Waals surface area contributed by atoms with Crippen LogP contribution in [-0.4, -0.2) is 25.2 Å². The summed E-state index contributed by atoms with van der Waals surface area (Å²) in [6.07, 6.45) is 3.14. The highest BCUT2D eigenvalue weighted by Crippen LogP contribution is 2.03. The zero-order chi connectivity index (χ0) is 11.6. The molecule has 0 aromatic heterocycles. The summed E-state index contributed by atoms with van der Waals surface area (Å²) in [6.45, 7) is 0.706. The summed E-state index contributed by atoms with van der Waals surface area (Å²) in [5.41, 5.74) is 0. The first-order chi connectivity index (χ1) is 7.79. The largest absolute Gasteiger partial charge is 0.465 e. The number of carbonyl (C=O) groups is 2. The second kappa shape index (κ2) is 7.75. The highest BCUT2D eigenvalue weighted by Gasteiger charge is 2.05. The van der Waals surface area contributed by atoms with Crippen molar-refractivity contribution in [3.05, 3.63) is 0 Å². The molecular formula is C12H16O4. The van der Waals surface area contributed by atoms with Crippen molar-refractivity contribution in [3.8, 4) is 11.8 Å². The zero-order valence-electron chi connectivity index (χ0n) is 9.29. The summed E-state index contributed by atoms with van der Waals surface area (Å²) in [5.74, 6) is 5.28. The third-order valence-electron chi connectivity index (χ3n) is 2.12. The molecule has 16 heavy (non-hydrogen) atoms. The van der Waals surface area contributed by atoms with E-state index < -0.39 is 0 Å². The van der Waals surface area contributed by atoms with Gasteiger partial charge in [-0.3, -0.25) is 9.59 Å². The maximum Gasteiger partial charge on any atom is 0.305 e. The maximum atomic E-state index is 11.1. The molecular weight excluding hydrogens is 208 g/mol. The van der Waals surface area contributed by atoms with Gasteiger partial charge in [-0.2, -0.15) is 0 Å². The molecule has 0 saturated carbocycles. The van der Waals surface area contributed by atoms with Crippen molar-refractivity contribution in [3.63, 3.8) is 0 Å². The van der Waals surface area contributed by atoms with Crippen LogP contribution in [0.25, 0.3) is 0 Å². The van der Waals surface area contributed by atoms with Crippen LogP contribution in [0, 0.1) is 11.8 Å². The number of hydrogen-bond donors (Lipinski definition) is 0. The minimum absolute atomic E-state index is 0.216. The minimum Gasteiger partial charge on any atom is -0.465 e. The fourth-order valence-corrected chi connectivity index (χ4v) is 1.29. The van der Waals surface area contributed by atoms with Gasteiger partial charge in [-0.15, -0.1) is 0 Å². The van der Waals surface area contributed by atoms with Crippen LogP contribution >= 0.6 is 0 Å². The Morgan fingerprint density at radius 1 is 0.812 bits per heavy atom. The van der Waals surface area contributed by atoms with Crippen LogP contribution in [0.2, 0.25) is 0 Å². The second-order valence-electron chi connectivity index (χ2n) is 3.50. The topological polar surface area (TPSA) is 52.6 Å². The molecule has 1 aliphatic heterocycles. The van der Waals surface area contributed by atoms with Crippen LogP contribution in [0.15, 0.2) is 0 Å². The molecule has 4 nitrogen and oxygen atoms in total. The molecule has 88 valence electrons. The van der Waals surface area contributed by atoms with Gasteiger partial charge in [0.05, 0.1) is 0 Å². The Bertz CT molecular complexity index is 270. The molecule has 0 spiro atoms. The highest BCUT2D eigenvalue weighted by molar-refractivity contribution is 5.70. The molecule has 4 heteroatoms. The van der Waals surface area contributed by atoms with Gasteiger partial charge in [0, 0.05) is 25.7 Å². The Morgan fingerprint density at radius 2 is 1.25 bits per heavy atom. The van der Waals surface area contributed by atoms with E-state index in [9.17, 15) is 9.59 Å². The number of hydrogen-bond acceptors (Lipinski definition) is 4. The van der Waals surface area contributed by atoms with Gasteiger partial charge in [0.15, 0.2) is 0 Å². The lowest BCUT2D eigenvalue weighted by molar-refractivity contribution is -0.145. The molecule has 1 heterocycles. The van der Waals surface area contributed by atoms with Gasteiger partial charge in [-0.05, 0) is 12.8 Å². The van der Waals surface area contributed by atoms with E-state index in [1.807, 2.05) is 0 Å². The Labute approximate surface area is 95.3 Å². The zero-order valence-corrected chi connectivity index (χ0v) is 9.29. The Hall–Kier alpha value is -1.50. The van der Waals surface area contributed by atoms with Crippen molar-refractivity contribution in [2.45, 2.75) is 38.5 Å². The number of cyclic esters (lactones) is 2. The monoisotopic (exact) mass is 224 g/mol. The van der Waals surface area contributed by atoms with E-state index in [1.54, 1.807) is 0 Å². The molecule has 0 aromatic rings. The molecule has 0 aliphatic carbocycles.